The quantitative estimate of drug-likeness (QED) is 0.0343. The van der Waals surface area contributed by atoms with Crippen molar-refractivity contribution in [1.82, 2.24) is 0 Å². The molecule has 0 aliphatic heterocycles. The fourth-order valence-corrected chi connectivity index (χ4v) is 10.9. The Morgan fingerprint density at radius 2 is 0.360 bits per heavy atom. The van der Waals surface area contributed by atoms with E-state index in [1.807, 2.05) is 0 Å². The molecule has 446 valence electrons. The lowest BCUT2D eigenvalue weighted by atomic mass is 10.0. The molecular weight excluding hydrogens is 925 g/mol. The molecule has 0 rings (SSSR count). The highest BCUT2D eigenvalue weighted by atomic mass is 16.6. The zero-order valence-corrected chi connectivity index (χ0v) is 51.4. The lowest BCUT2D eigenvalue weighted by molar-refractivity contribution is -0.167. The highest BCUT2D eigenvalue weighted by Gasteiger charge is 2.19. The molecule has 0 aliphatic rings. The summed E-state index contributed by atoms with van der Waals surface area (Å²) in [6, 6.07) is 0. The highest BCUT2D eigenvalue weighted by Crippen LogP contribution is 2.19. The van der Waals surface area contributed by atoms with Gasteiger partial charge < -0.3 is 14.2 Å². The van der Waals surface area contributed by atoms with Gasteiger partial charge in [0.1, 0.15) is 13.2 Å². The smallest absolute Gasteiger partial charge is 0.306 e. The van der Waals surface area contributed by atoms with Crippen LogP contribution < -0.4 is 0 Å². The highest BCUT2D eigenvalue weighted by molar-refractivity contribution is 5.71. The maximum atomic E-state index is 12.9. The van der Waals surface area contributed by atoms with Crippen LogP contribution in [0, 0.1) is 0 Å². The first-order valence-electron chi connectivity index (χ1n) is 34.5. The molecule has 0 fully saturated rings. The van der Waals surface area contributed by atoms with Gasteiger partial charge in [0.15, 0.2) is 6.10 Å². The Morgan fingerprint density at radius 1 is 0.213 bits per heavy atom. The van der Waals surface area contributed by atoms with Crippen LogP contribution in [0.25, 0.3) is 0 Å². The topological polar surface area (TPSA) is 78.9 Å². The summed E-state index contributed by atoms with van der Waals surface area (Å²) in [6.07, 6.45) is 75.6. The number of carbonyl (C=O) groups excluding carboxylic acids is 3. The minimum atomic E-state index is -0.763. The van der Waals surface area contributed by atoms with Crippen LogP contribution >= 0.6 is 0 Å². The Bertz CT molecular complexity index is 1120. The fourth-order valence-electron chi connectivity index (χ4n) is 10.9. The molecule has 6 nitrogen and oxygen atoms in total. The van der Waals surface area contributed by atoms with E-state index in [0.29, 0.717) is 19.3 Å². The van der Waals surface area contributed by atoms with Crippen LogP contribution in [0.15, 0.2) is 0 Å². The van der Waals surface area contributed by atoms with Gasteiger partial charge in [-0.15, -0.1) is 0 Å². The summed E-state index contributed by atoms with van der Waals surface area (Å²) < 4.78 is 17.0. The molecule has 0 heterocycles. The molecular formula is C69H134O6. The van der Waals surface area contributed by atoms with Gasteiger partial charge in [0, 0.05) is 19.3 Å². The second kappa shape index (κ2) is 64.9. The van der Waals surface area contributed by atoms with Crippen LogP contribution in [-0.2, 0) is 28.6 Å². The van der Waals surface area contributed by atoms with Gasteiger partial charge in [-0.25, -0.2) is 0 Å². The Hall–Kier alpha value is -1.59. The van der Waals surface area contributed by atoms with Gasteiger partial charge in [0.05, 0.1) is 0 Å². The molecule has 0 amide bonds. The van der Waals surface area contributed by atoms with Gasteiger partial charge in [-0.2, -0.15) is 0 Å². The predicted molar refractivity (Wildman–Crippen MR) is 326 cm³/mol. The van der Waals surface area contributed by atoms with Crippen molar-refractivity contribution < 1.29 is 28.6 Å². The van der Waals surface area contributed by atoms with Gasteiger partial charge >= 0.3 is 17.9 Å². The molecule has 75 heavy (non-hydrogen) atoms. The van der Waals surface area contributed by atoms with Crippen LogP contribution in [0.4, 0.5) is 0 Å². The first-order chi connectivity index (χ1) is 37.0. The fraction of sp³-hybridized carbons (Fsp3) is 0.957. The van der Waals surface area contributed by atoms with Crippen molar-refractivity contribution in [3.05, 3.63) is 0 Å². The number of hydrogen-bond donors (Lipinski definition) is 0. The van der Waals surface area contributed by atoms with Gasteiger partial charge in [0.25, 0.3) is 0 Å². The number of carbonyl (C=O) groups is 3. The van der Waals surface area contributed by atoms with Crippen molar-refractivity contribution in [3.63, 3.8) is 0 Å². The zero-order chi connectivity index (χ0) is 54.3. The van der Waals surface area contributed by atoms with Crippen molar-refractivity contribution >= 4 is 17.9 Å². The first-order valence-corrected chi connectivity index (χ1v) is 34.5. The van der Waals surface area contributed by atoms with E-state index in [9.17, 15) is 14.4 Å². The molecule has 0 aromatic carbocycles. The summed E-state index contributed by atoms with van der Waals surface area (Å²) in [5.74, 6) is -0.821. The van der Waals surface area contributed by atoms with Gasteiger partial charge in [0.2, 0.25) is 0 Å². The minimum Gasteiger partial charge on any atom is -0.462 e. The summed E-state index contributed by atoms with van der Waals surface area (Å²) in [4.78, 5) is 38.4. The standard InChI is InChI=1S/C69H134O6/c1-4-7-10-13-16-19-22-25-27-29-31-33-34-35-36-38-39-41-44-47-50-53-56-59-62-68(71)74-65-66(64-73-67(70)61-58-55-52-49-46-43-24-21-18-15-12-9-6-3)75-69(72)63-60-57-54-51-48-45-42-40-37-32-30-28-26-23-20-17-14-11-8-5-2/h66H,4-65H2,1-3H3. The first kappa shape index (κ1) is 73.4. The average Bonchev–Trinajstić information content (AvgIpc) is 3.41. The molecule has 0 saturated carbocycles. The molecule has 0 radical (unpaired) electrons. The van der Waals surface area contributed by atoms with Crippen LogP contribution in [0.2, 0.25) is 0 Å². The maximum Gasteiger partial charge on any atom is 0.306 e. The minimum absolute atomic E-state index is 0.0603. The Kier molecular flexibility index (Phi) is 63.6. The molecule has 0 aliphatic carbocycles. The third kappa shape index (κ3) is 63.1. The average molecular weight is 1060 g/mol. The van der Waals surface area contributed by atoms with E-state index >= 15 is 0 Å². The van der Waals surface area contributed by atoms with Crippen molar-refractivity contribution in [2.24, 2.45) is 0 Å². The van der Waals surface area contributed by atoms with E-state index in [0.717, 1.165) is 57.8 Å². The molecule has 0 bridgehead atoms. The largest absolute Gasteiger partial charge is 0.462 e. The predicted octanol–water partition coefficient (Wildman–Crippen LogP) is 23.5. The lowest BCUT2D eigenvalue weighted by Gasteiger charge is -2.18. The van der Waals surface area contributed by atoms with E-state index in [2.05, 4.69) is 20.8 Å². The number of ether oxygens (including phenoxy) is 3. The molecule has 0 aromatic heterocycles. The van der Waals surface area contributed by atoms with Crippen molar-refractivity contribution in [1.29, 1.82) is 0 Å². The molecule has 0 saturated heterocycles. The number of esters is 3. The summed E-state index contributed by atoms with van der Waals surface area (Å²) in [6.45, 7) is 6.74. The third-order valence-electron chi connectivity index (χ3n) is 16.1. The molecule has 0 spiro atoms. The lowest BCUT2D eigenvalue weighted by Crippen LogP contribution is -2.30. The van der Waals surface area contributed by atoms with Crippen molar-refractivity contribution in [2.75, 3.05) is 13.2 Å². The van der Waals surface area contributed by atoms with E-state index < -0.39 is 6.10 Å². The van der Waals surface area contributed by atoms with Crippen LogP contribution in [0.5, 0.6) is 0 Å². The molecule has 1 atom stereocenters. The number of rotatable bonds is 65. The third-order valence-corrected chi connectivity index (χ3v) is 16.1. The maximum absolute atomic E-state index is 12.9. The van der Waals surface area contributed by atoms with Gasteiger partial charge in [-0.1, -0.05) is 367 Å². The Labute approximate surface area is 469 Å². The monoisotopic (exact) mass is 1060 g/mol. The second-order valence-electron chi connectivity index (χ2n) is 23.8. The Morgan fingerprint density at radius 3 is 0.533 bits per heavy atom. The molecule has 0 aromatic rings. The van der Waals surface area contributed by atoms with Crippen LogP contribution in [0.3, 0.4) is 0 Å². The van der Waals surface area contributed by atoms with Gasteiger partial charge in [-0.3, -0.25) is 14.4 Å². The van der Waals surface area contributed by atoms with E-state index in [-0.39, 0.29) is 31.1 Å². The van der Waals surface area contributed by atoms with Crippen LogP contribution in [0.1, 0.15) is 406 Å². The summed E-state index contributed by atoms with van der Waals surface area (Å²) >= 11 is 0. The number of hydrogen-bond acceptors (Lipinski definition) is 6. The van der Waals surface area contributed by atoms with E-state index in [4.69, 9.17) is 14.2 Å². The van der Waals surface area contributed by atoms with E-state index in [1.165, 1.54) is 308 Å². The van der Waals surface area contributed by atoms with Crippen molar-refractivity contribution in [2.45, 2.75) is 412 Å². The van der Waals surface area contributed by atoms with Crippen LogP contribution in [-0.4, -0.2) is 37.2 Å². The molecule has 0 N–H and O–H groups in total. The normalized spacial score (nSPS) is 11.9. The summed E-state index contributed by atoms with van der Waals surface area (Å²) in [5.41, 5.74) is 0. The summed E-state index contributed by atoms with van der Waals surface area (Å²) in [5, 5.41) is 0. The summed E-state index contributed by atoms with van der Waals surface area (Å²) in [7, 11) is 0. The van der Waals surface area contributed by atoms with E-state index in [1.54, 1.807) is 0 Å². The SMILES string of the molecule is CCCCCCCCCCCCCCCCCCCCCCCCCCC(=O)OCC(COC(=O)CCCCCCCCCCCCCCC)OC(=O)CCCCCCCCCCCCCCCCCCCCCC. The second-order valence-corrected chi connectivity index (χ2v) is 23.8. The zero-order valence-electron chi connectivity index (χ0n) is 51.4. The van der Waals surface area contributed by atoms with Gasteiger partial charge in [-0.05, 0) is 19.3 Å². The Balaban J connectivity index is 4.20. The number of unbranched alkanes of at least 4 members (excludes halogenated alkanes) is 54. The molecule has 6 heteroatoms. The van der Waals surface area contributed by atoms with Crippen molar-refractivity contribution in [3.8, 4) is 0 Å². The molecule has 1 unspecified atom stereocenters.